The molecule has 0 amide bonds. The van der Waals surface area contributed by atoms with Gasteiger partial charge in [-0.1, -0.05) is 12.8 Å². The van der Waals surface area contributed by atoms with E-state index in [2.05, 4.69) is 0 Å². The summed E-state index contributed by atoms with van der Waals surface area (Å²) in [4.78, 5) is 1.47. The van der Waals surface area contributed by atoms with E-state index in [0.717, 1.165) is 25.7 Å². The van der Waals surface area contributed by atoms with Gasteiger partial charge in [-0.2, -0.15) is 4.39 Å². The predicted octanol–water partition coefficient (Wildman–Crippen LogP) is 2.60. The minimum atomic E-state index is -0.716. The average molecular weight is 161 g/mol. The Morgan fingerprint density at radius 1 is 1.09 bits per heavy atom. The van der Waals surface area contributed by atoms with Gasteiger partial charge in [0.2, 0.25) is 5.95 Å². The fourth-order valence-electron chi connectivity index (χ4n) is 1.35. The second-order valence-corrected chi connectivity index (χ2v) is 2.83. The van der Waals surface area contributed by atoms with Crippen molar-refractivity contribution in [1.29, 1.82) is 0 Å². The predicted molar refractivity (Wildman–Crippen MR) is 40.3 cm³/mol. The largest absolute Gasteiger partial charge is 0.347 e. The van der Waals surface area contributed by atoms with Gasteiger partial charge in [0.1, 0.15) is 6.33 Å². The maximum absolute atomic E-state index is 12.6. The number of nitrogens with zero attached hydrogens (tertiary/aromatic N) is 1. The Morgan fingerprint density at radius 3 is 2.09 bits per heavy atom. The molecule has 1 fully saturated rings. The lowest BCUT2D eigenvalue weighted by Gasteiger charge is -2.18. The van der Waals surface area contributed by atoms with Crippen molar-refractivity contribution in [3.8, 4) is 0 Å². The topological polar surface area (TPSA) is 3.24 Å². The van der Waals surface area contributed by atoms with Crippen molar-refractivity contribution in [3.63, 3.8) is 0 Å². The van der Waals surface area contributed by atoms with Gasteiger partial charge in [-0.3, -0.25) is 0 Å². The van der Waals surface area contributed by atoms with Crippen LogP contribution < -0.4 is 0 Å². The van der Waals surface area contributed by atoms with Crippen molar-refractivity contribution in [2.24, 2.45) is 0 Å². The molecule has 1 heterocycles. The number of halogens is 2. The van der Waals surface area contributed by atoms with Crippen molar-refractivity contribution >= 4 is 0 Å². The Labute approximate surface area is 65.7 Å². The van der Waals surface area contributed by atoms with Gasteiger partial charge in [-0.25, -0.2) is 4.39 Å². The van der Waals surface area contributed by atoms with Crippen molar-refractivity contribution in [1.82, 2.24) is 4.90 Å². The Hall–Kier alpha value is -0.600. The Morgan fingerprint density at radius 2 is 1.64 bits per heavy atom. The standard InChI is InChI=1S/C8H13F2N/c9-7-8(10)11-5-3-1-2-4-6-11/h7H,1-6H2/b8-7-. The lowest BCUT2D eigenvalue weighted by atomic mass is 10.2. The average Bonchev–Trinajstić information content (AvgIpc) is 2.30. The highest BCUT2D eigenvalue weighted by molar-refractivity contribution is 4.86. The molecule has 11 heavy (non-hydrogen) atoms. The van der Waals surface area contributed by atoms with Gasteiger partial charge in [0.15, 0.2) is 0 Å². The summed E-state index contributed by atoms with van der Waals surface area (Å²) in [6.45, 7) is 1.32. The third-order valence-electron chi connectivity index (χ3n) is 2.00. The SMILES string of the molecule is F/C=C(/F)N1CCCCCC1. The summed E-state index contributed by atoms with van der Waals surface area (Å²) >= 11 is 0. The quantitative estimate of drug-likeness (QED) is 0.534. The van der Waals surface area contributed by atoms with E-state index in [-0.39, 0.29) is 6.33 Å². The van der Waals surface area contributed by atoms with Crippen molar-refractivity contribution < 1.29 is 8.78 Å². The molecule has 1 aliphatic rings. The summed E-state index contributed by atoms with van der Waals surface area (Å²) in [6, 6.07) is 0. The molecule has 64 valence electrons. The van der Waals surface area contributed by atoms with Crippen LogP contribution in [0, 0.1) is 0 Å². The molecule has 1 saturated heterocycles. The van der Waals surface area contributed by atoms with E-state index in [9.17, 15) is 8.78 Å². The van der Waals surface area contributed by atoms with Crippen LogP contribution in [0.2, 0.25) is 0 Å². The van der Waals surface area contributed by atoms with Crippen LogP contribution in [0.4, 0.5) is 8.78 Å². The van der Waals surface area contributed by atoms with Crippen molar-refractivity contribution in [3.05, 3.63) is 12.3 Å². The molecule has 0 aromatic carbocycles. The van der Waals surface area contributed by atoms with E-state index in [1.165, 1.54) is 4.90 Å². The number of likely N-dealkylation sites (tertiary alicyclic amines) is 1. The molecule has 0 spiro atoms. The normalized spacial score (nSPS) is 21.6. The molecule has 0 atom stereocenters. The van der Waals surface area contributed by atoms with Crippen LogP contribution in [0.1, 0.15) is 25.7 Å². The minimum absolute atomic E-state index is 0.0469. The Kier molecular flexibility index (Phi) is 3.33. The van der Waals surface area contributed by atoms with Gasteiger partial charge < -0.3 is 4.90 Å². The molecule has 0 bridgehead atoms. The molecule has 1 rings (SSSR count). The maximum Gasteiger partial charge on any atom is 0.218 e. The molecular weight excluding hydrogens is 148 g/mol. The molecular formula is C8H13F2N. The van der Waals surface area contributed by atoms with E-state index in [1.54, 1.807) is 0 Å². The van der Waals surface area contributed by atoms with E-state index < -0.39 is 5.95 Å². The molecule has 1 aliphatic heterocycles. The van der Waals surface area contributed by atoms with E-state index in [0.29, 0.717) is 13.1 Å². The van der Waals surface area contributed by atoms with E-state index >= 15 is 0 Å². The van der Waals surface area contributed by atoms with Crippen LogP contribution in [-0.4, -0.2) is 18.0 Å². The van der Waals surface area contributed by atoms with Gasteiger partial charge in [-0.05, 0) is 12.8 Å². The Balaban J connectivity index is 2.42. The summed E-state index contributed by atoms with van der Waals surface area (Å²) in [5.74, 6) is -0.716. The zero-order valence-electron chi connectivity index (χ0n) is 6.52. The van der Waals surface area contributed by atoms with Crippen LogP contribution in [0.15, 0.2) is 12.3 Å². The molecule has 0 aromatic rings. The summed E-state index contributed by atoms with van der Waals surface area (Å²) in [5, 5.41) is 0. The summed E-state index contributed by atoms with van der Waals surface area (Å²) in [5.41, 5.74) is 0. The van der Waals surface area contributed by atoms with Crippen LogP contribution in [-0.2, 0) is 0 Å². The van der Waals surface area contributed by atoms with E-state index in [4.69, 9.17) is 0 Å². The van der Waals surface area contributed by atoms with Gasteiger partial charge in [0, 0.05) is 13.1 Å². The second kappa shape index (κ2) is 4.31. The van der Waals surface area contributed by atoms with Crippen LogP contribution >= 0.6 is 0 Å². The molecule has 1 nitrogen and oxygen atoms in total. The Bertz CT molecular complexity index is 137. The molecule has 3 heteroatoms. The lowest BCUT2D eigenvalue weighted by molar-refractivity contribution is 0.270. The fourth-order valence-corrected chi connectivity index (χ4v) is 1.35. The van der Waals surface area contributed by atoms with Gasteiger partial charge in [0.05, 0.1) is 0 Å². The minimum Gasteiger partial charge on any atom is -0.347 e. The van der Waals surface area contributed by atoms with Crippen LogP contribution in [0.5, 0.6) is 0 Å². The second-order valence-electron chi connectivity index (χ2n) is 2.83. The van der Waals surface area contributed by atoms with Crippen molar-refractivity contribution in [2.75, 3.05) is 13.1 Å². The highest BCUT2D eigenvalue weighted by Crippen LogP contribution is 2.15. The molecule has 0 unspecified atom stereocenters. The van der Waals surface area contributed by atoms with Crippen LogP contribution in [0.3, 0.4) is 0 Å². The molecule has 0 radical (unpaired) electrons. The first-order chi connectivity index (χ1) is 5.34. The highest BCUT2D eigenvalue weighted by atomic mass is 19.2. The summed E-state index contributed by atoms with van der Waals surface area (Å²) in [6.07, 6.45) is 4.26. The molecule has 0 saturated carbocycles. The zero-order chi connectivity index (χ0) is 8.10. The smallest absolute Gasteiger partial charge is 0.218 e. The molecule has 0 aromatic heterocycles. The first-order valence-electron chi connectivity index (χ1n) is 4.05. The monoisotopic (exact) mass is 161 g/mol. The van der Waals surface area contributed by atoms with Gasteiger partial charge in [0.25, 0.3) is 0 Å². The zero-order valence-corrected chi connectivity index (χ0v) is 6.52. The fraction of sp³-hybridized carbons (Fsp3) is 0.750. The van der Waals surface area contributed by atoms with Crippen LogP contribution in [0.25, 0.3) is 0 Å². The number of rotatable bonds is 1. The molecule has 0 aliphatic carbocycles. The lowest BCUT2D eigenvalue weighted by Crippen LogP contribution is -2.21. The molecule has 0 N–H and O–H groups in total. The van der Waals surface area contributed by atoms with Gasteiger partial charge >= 0.3 is 0 Å². The first kappa shape index (κ1) is 8.50. The third kappa shape index (κ3) is 2.48. The maximum atomic E-state index is 12.6. The highest BCUT2D eigenvalue weighted by Gasteiger charge is 2.11. The van der Waals surface area contributed by atoms with Gasteiger partial charge in [-0.15, -0.1) is 0 Å². The summed E-state index contributed by atoms with van der Waals surface area (Å²) in [7, 11) is 0. The number of hydrogen-bond donors (Lipinski definition) is 0. The number of hydrogen-bond acceptors (Lipinski definition) is 1. The van der Waals surface area contributed by atoms with E-state index in [1.807, 2.05) is 0 Å². The van der Waals surface area contributed by atoms with Crippen molar-refractivity contribution in [2.45, 2.75) is 25.7 Å². The first-order valence-corrected chi connectivity index (χ1v) is 4.05. The third-order valence-corrected chi connectivity index (χ3v) is 2.00. The summed E-state index contributed by atoms with van der Waals surface area (Å²) < 4.78 is 24.3.